The molecule has 4 aromatic rings. The first kappa shape index (κ1) is 20.0. The van der Waals surface area contributed by atoms with Crippen LogP contribution in [-0.2, 0) is 24.2 Å². The Morgan fingerprint density at radius 2 is 1.87 bits per heavy atom. The van der Waals surface area contributed by atoms with Crippen LogP contribution in [0, 0.1) is 27.7 Å². The van der Waals surface area contributed by atoms with Gasteiger partial charge in [-0.05, 0) is 62.6 Å². The lowest BCUT2D eigenvalue weighted by molar-refractivity contribution is -0.120. The largest absolute Gasteiger partial charge is 0.461 e. The lowest BCUT2D eigenvalue weighted by atomic mass is 10.1. The van der Waals surface area contributed by atoms with E-state index in [1.807, 2.05) is 38.1 Å². The third kappa shape index (κ3) is 4.30. The maximum atomic E-state index is 12.4. The average Bonchev–Trinajstić information content (AvgIpc) is 3.24. The Bertz CT molecular complexity index is 1200. The second kappa shape index (κ2) is 8.19. The van der Waals surface area contributed by atoms with Gasteiger partial charge in [-0.25, -0.2) is 0 Å². The van der Waals surface area contributed by atoms with Crippen molar-refractivity contribution in [1.82, 2.24) is 10.5 Å². The number of aromatic nitrogens is 1. The molecule has 0 aliphatic heterocycles. The van der Waals surface area contributed by atoms with Gasteiger partial charge in [0.1, 0.15) is 17.1 Å². The SMILES string of the molecule is Cc1ccc(CNC(=O)Cc2ccc3oc(Cc4c(C)noc4C)cc3c2)c(C)c1. The molecule has 0 aliphatic rings. The summed E-state index contributed by atoms with van der Waals surface area (Å²) in [6.45, 7) is 8.53. The van der Waals surface area contributed by atoms with E-state index in [9.17, 15) is 4.79 Å². The molecule has 0 spiro atoms. The first-order valence-electron chi connectivity index (χ1n) is 10.1. The molecule has 0 radical (unpaired) electrons. The number of hydrogen-bond acceptors (Lipinski definition) is 4. The molecule has 5 nitrogen and oxygen atoms in total. The fourth-order valence-electron chi connectivity index (χ4n) is 3.76. The van der Waals surface area contributed by atoms with Crippen LogP contribution in [0.2, 0.25) is 0 Å². The van der Waals surface area contributed by atoms with Crippen LogP contribution in [-0.4, -0.2) is 11.1 Å². The second-order valence-electron chi connectivity index (χ2n) is 7.95. The van der Waals surface area contributed by atoms with Crippen molar-refractivity contribution in [2.24, 2.45) is 0 Å². The number of aryl methyl sites for hydroxylation is 4. The molecular weight excluding hydrogens is 376 g/mol. The van der Waals surface area contributed by atoms with Gasteiger partial charge in [-0.15, -0.1) is 0 Å². The molecule has 30 heavy (non-hydrogen) atoms. The third-order valence-electron chi connectivity index (χ3n) is 5.50. The standard InChI is InChI=1S/C25H26N2O3/c1-15-5-7-20(16(2)9-15)14-26-25(28)11-19-6-8-24-21(10-19)12-22(29-24)13-23-17(3)27-30-18(23)4/h5-10,12H,11,13-14H2,1-4H3,(H,26,28). The highest BCUT2D eigenvalue weighted by Crippen LogP contribution is 2.25. The van der Waals surface area contributed by atoms with Crippen LogP contribution < -0.4 is 5.32 Å². The van der Waals surface area contributed by atoms with E-state index in [4.69, 9.17) is 8.94 Å². The Kier molecular flexibility index (Phi) is 5.44. The van der Waals surface area contributed by atoms with Crippen molar-refractivity contribution in [3.8, 4) is 0 Å². The normalized spacial score (nSPS) is 11.2. The van der Waals surface area contributed by atoms with Gasteiger partial charge in [-0.3, -0.25) is 4.79 Å². The van der Waals surface area contributed by atoms with Crippen molar-refractivity contribution in [3.63, 3.8) is 0 Å². The maximum Gasteiger partial charge on any atom is 0.224 e. The van der Waals surface area contributed by atoms with Crippen LogP contribution in [0.25, 0.3) is 11.0 Å². The lowest BCUT2D eigenvalue weighted by Crippen LogP contribution is -2.24. The van der Waals surface area contributed by atoms with Crippen LogP contribution in [0.15, 0.2) is 51.4 Å². The molecule has 1 N–H and O–H groups in total. The molecule has 5 heteroatoms. The van der Waals surface area contributed by atoms with Crippen molar-refractivity contribution in [3.05, 3.63) is 87.5 Å². The van der Waals surface area contributed by atoms with E-state index in [1.165, 1.54) is 11.1 Å². The lowest BCUT2D eigenvalue weighted by Gasteiger charge is -2.09. The van der Waals surface area contributed by atoms with Gasteiger partial charge in [0.2, 0.25) is 5.91 Å². The van der Waals surface area contributed by atoms with Gasteiger partial charge in [-0.1, -0.05) is 35.0 Å². The summed E-state index contributed by atoms with van der Waals surface area (Å²) in [5.41, 5.74) is 7.28. The number of carbonyl (C=O) groups is 1. The molecule has 0 bridgehead atoms. The van der Waals surface area contributed by atoms with Crippen LogP contribution in [0.5, 0.6) is 0 Å². The number of furan rings is 1. The quantitative estimate of drug-likeness (QED) is 0.487. The summed E-state index contributed by atoms with van der Waals surface area (Å²) in [4.78, 5) is 12.4. The first-order valence-corrected chi connectivity index (χ1v) is 10.1. The summed E-state index contributed by atoms with van der Waals surface area (Å²) >= 11 is 0. The summed E-state index contributed by atoms with van der Waals surface area (Å²) in [5, 5.41) is 8.02. The van der Waals surface area contributed by atoms with Gasteiger partial charge >= 0.3 is 0 Å². The first-order chi connectivity index (χ1) is 14.4. The number of fused-ring (bicyclic) bond motifs is 1. The summed E-state index contributed by atoms with van der Waals surface area (Å²) in [6, 6.07) is 14.2. The molecule has 2 heterocycles. The minimum atomic E-state index is 0.00812. The Labute approximate surface area is 176 Å². The molecular formula is C25H26N2O3. The van der Waals surface area contributed by atoms with Crippen LogP contribution in [0.3, 0.4) is 0 Å². The Morgan fingerprint density at radius 1 is 1.03 bits per heavy atom. The monoisotopic (exact) mass is 402 g/mol. The van der Waals surface area contributed by atoms with E-state index in [2.05, 4.69) is 42.5 Å². The maximum absolute atomic E-state index is 12.4. The van der Waals surface area contributed by atoms with E-state index >= 15 is 0 Å². The van der Waals surface area contributed by atoms with Crippen molar-refractivity contribution in [1.29, 1.82) is 0 Å². The smallest absolute Gasteiger partial charge is 0.224 e. The Hall–Kier alpha value is -3.34. The average molecular weight is 402 g/mol. The van der Waals surface area contributed by atoms with E-state index in [1.54, 1.807) is 0 Å². The van der Waals surface area contributed by atoms with E-state index < -0.39 is 0 Å². The second-order valence-corrected chi connectivity index (χ2v) is 7.95. The fraction of sp³-hybridized carbons (Fsp3) is 0.280. The summed E-state index contributed by atoms with van der Waals surface area (Å²) in [6.07, 6.45) is 0.979. The minimum absolute atomic E-state index is 0.00812. The molecule has 1 amide bonds. The van der Waals surface area contributed by atoms with E-state index in [0.29, 0.717) is 19.4 Å². The van der Waals surface area contributed by atoms with Crippen LogP contribution in [0.1, 0.15) is 45.0 Å². The number of carbonyl (C=O) groups excluding carboxylic acids is 1. The van der Waals surface area contributed by atoms with Crippen LogP contribution in [0.4, 0.5) is 0 Å². The number of nitrogens with zero attached hydrogens (tertiary/aromatic N) is 1. The van der Waals surface area contributed by atoms with E-state index in [0.717, 1.165) is 44.9 Å². The summed E-state index contributed by atoms with van der Waals surface area (Å²) in [5.74, 6) is 1.68. The molecule has 2 aromatic carbocycles. The van der Waals surface area contributed by atoms with Crippen LogP contribution >= 0.6 is 0 Å². The molecule has 0 unspecified atom stereocenters. The van der Waals surface area contributed by atoms with Crippen molar-refractivity contribution in [2.75, 3.05) is 0 Å². The summed E-state index contributed by atoms with van der Waals surface area (Å²) < 4.78 is 11.2. The van der Waals surface area contributed by atoms with Gasteiger partial charge in [0.15, 0.2) is 0 Å². The highest BCUT2D eigenvalue weighted by Gasteiger charge is 2.13. The van der Waals surface area contributed by atoms with Crippen molar-refractivity contribution in [2.45, 2.75) is 47.1 Å². The Balaban J connectivity index is 1.42. The molecule has 4 rings (SSSR count). The highest BCUT2D eigenvalue weighted by atomic mass is 16.5. The van der Waals surface area contributed by atoms with Gasteiger partial charge in [-0.2, -0.15) is 0 Å². The van der Waals surface area contributed by atoms with Gasteiger partial charge < -0.3 is 14.3 Å². The summed E-state index contributed by atoms with van der Waals surface area (Å²) in [7, 11) is 0. The van der Waals surface area contributed by atoms with Gasteiger partial charge in [0.05, 0.1) is 12.1 Å². The topological polar surface area (TPSA) is 68.3 Å². The fourth-order valence-corrected chi connectivity index (χ4v) is 3.76. The van der Waals surface area contributed by atoms with Gasteiger partial charge in [0, 0.05) is 23.9 Å². The number of benzene rings is 2. The number of nitrogens with one attached hydrogen (secondary N) is 1. The number of rotatable bonds is 6. The molecule has 0 saturated carbocycles. The van der Waals surface area contributed by atoms with Crippen molar-refractivity contribution >= 4 is 16.9 Å². The minimum Gasteiger partial charge on any atom is -0.461 e. The zero-order valence-electron chi connectivity index (χ0n) is 17.8. The number of hydrogen-bond donors (Lipinski definition) is 1. The zero-order valence-corrected chi connectivity index (χ0v) is 17.8. The van der Waals surface area contributed by atoms with Gasteiger partial charge in [0.25, 0.3) is 0 Å². The predicted molar refractivity (Wildman–Crippen MR) is 116 cm³/mol. The molecule has 0 atom stereocenters. The molecule has 0 saturated heterocycles. The van der Waals surface area contributed by atoms with Crippen molar-refractivity contribution < 1.29 is 13.7 Å². The molecule has 0 fully saturated rings. The highest BCUT2D eigenvalue weighted by molar-refractivity contribution is 5.83. The molecule has 154 valence electrons. The zero-order chi connectivity index (χ0) is 21.3. The van der Waals surface area contributed by atoms with E-state index in [-0.39, 0.29) is 5.91 Å². The number of amides is 1. The third-order valence-corrected chi connectivity index (χ3v) is 5.50. The predicted octanol–water partition coefficient (Wildman–Crippen LogP) is 5.10. The Morgan fingerprint density at radius 3 is 2.60 bits per heavy atom. The molecule has 2 aromatic heterocycles. The molecule has 0 aliphatic carbocycles.